The first kappa shape index (κ1) is 11.6. The van der Waals surface area contributed by atoms with E-state index in [2.05, 4.69) is 0 Å². The van der Waals surface area contributed by atoms with Crippen molar-refractivity contribution in [1.82, 2.24) is 4.90 Å². The fourth-order valence-electron chi connectivity index (χ4n) is 1.17. The molecule has 1 aromatic rings. The van der Waals surface area contributed by atoms with Crippen molar-refractivity contribution in [3.63, 3.8) is 0 Å². The van der Waals surface area contributed by atoms with Gasteiger partial charge < -0.3 is 0 Å². The van der Waals surface area contributed by atoms with Crippen molar-refractivity contribution in [1.29, 1.82) is 5.26 Å². The normalized spacial score (nSPS) is 12.5. The Morgan fingerprint density at radius 1 is 1.47 bits per heavy atom. The molecule has 0 saturated carbocycles. The fraction of sp³-hybridized carbons (Fsp3) is 0.364. The van der Waals surface area contributed by atoms with Gasteiger partial charge in [0.25, 0.3) is 0 Å². The lowest BCUT2D eigenvalue weighted by Gasteiger charge is -2.19. The molecule has 0 saturated heterocycles. The van der Waals surface area contributed by atoms with Gasteiger partial charge in [0.2, 0.25) is 0 Å². The summed E-state index contributed by atoms with van der Waals surface area (Å²) < 4.78 is 26.1. The second-order valence-corrected chi connectivity index (χ2v) is 3.43. The number of halogens is 2. The topological polar surface area (TPSA) is 27.0 Å². The highest BCUT2D eigenvalue weighted by atomic mass is 19.2. The van der Waals surface area contributed by atoms with Crippen LogP contribution in [-0.4, -0.2) is 18.0 Å². The van der Waals surface area contributed by atoms with Crippen LogP contribution in [0.15, 0.2) is 18.2 Å². The molecule has 0 N–H and O–H groups in total. The highest BCUT2D eigenvalue weighted by Crippen LogP contribution is 2.13. The van der Waals surface area contributed by atoms with Crippen LogP contribution in [0.2, 0.25) is 0 Å². The van der Waals surface area contributed by atoms with Gasteiger partial charge in [-0.2, -0.15) is 5.26 Å². The van der Waals surface area contributed by atoms with Gasteiger partial charge in [0.15, 0.2) is 11.6 Å². The Hall–Kier alpha value is -1.47. The number of nitrogens with zero attached hydrogens (tertiary/aromatic N) is 2. The van der Waals surface area contributed by atoms with E-state index < -0.39 is 11.6 Å². The number of rotatable bonds is 3. The summed E-state index contributed by atoms with van der Waals surface area (Å²) in [5, 5.41) is 8.65. The molecular weight excluding hydrogens is 198 g/mol. The summed E-state index contributed by atoms with van der Waals surface area (Å²) in [4.78, 5) is 1.65. The first-order valence-electron chi connectivity index (χ1n) is 4.59. The second-order valence-electron chi connectivity index (χ2n) is 3.43. The molecule has 15 heavy (non-hydrogen) atoms. The Morgan fingerprint density at radius 3 is 2.73 bits per heavy atom. The van der Waals surface area contributed by atoms with E-state index in [1.807, 2.05) is 6.07 Å². The lowest BCUT2D eigenvalue weighted by molar-refractivity contribution is 0.288. The zero-order valence-electron chi connectivity index (χ0n) is 8.67. The van der Waals surface area contributed by atoms with Crippen LogP contribution in [0.1, 0.15) is 12.5 Å². The monoisotopic (exact) mass is 210 g/mol. The number of hydrogen-bond acceptors (Lipinski definition) is 2. The van der Waals surface area contributed by atoms with Gasteiger partial charge in [0.05, 0.1) is 12.1 Å². The molecule has 1 aromatic carbocycles. The molecule has 1 unspecified atom stereocenters. The Bertz CT molecular complexity index is 385. The quantitative estimate of drug-likeness (QED) is 0.765. The Morgan fingerprint density at radius 2 is 2.13 bits per heavy atom. The first-order chi connectivity index (χ1) is 7.06. The lowest BCUT2D eigenvalue weighted by atomic mass is 10.2. The predicted molar refractivity (Wildman–Crippen MR) is 52.9 cm³/mol. The molecule has 0 aromatic heterocycles. The minimum atomic E-state index is -0.856. The predicted octanol–water partition coefficient (Wildman–Crippen LogP) is 2.31. The number of hydrogen-bond donors (Lipinski definition) is 0. The zero-order chi connectivity index (χ0) is 11.4. The Kier molecular flexibility index (Phi) is 3.75. The van der Waals surface area contributed by atoms with Gasteiger partial charge in [-0.1, -0.05) is 12.1 Å². The minimum absolute atomic E-state index is 0.221. The molecule has 2 nitrogen and oxygen atoms in total. The third-order valence-corrected chi connectivity index (χ3v) is 2.30. The fourth-order valence-corrected chi connectivity index (χ4v) is 1.17. The molecular formula is C11H12F2N2. The van der Waals surface area contributed by atoms with E-state index >= 15 is 0 Å². The highest BCUT2D eigenvalue weighted by molar-refractivity contribution is 5.19. The van der Waals surface area contributed by atoms with E-state index in [1.54, 1.807) is 18.9 Å². The van der Waals surface area contributed by atoms with Crippen molar-refractivity contribution in [2.45, 2.75) is 19.5 Å². The average molecular weight is 210 g/mol. The van der Waals surface area contributed by atoms with Crippen LogP contribution >= 0.6 is 0 Å². The molecule has 0 radical (unpaired) electrons. The SMILES string of the molecule is CC(C#N)N(C)Cc1cccc(F)c1F. The molecule has 1 atom stereocenters. The van der Waals surface area contributed by atoms with Crippen molar-refractivity contribution >= 4 is 0 Å². The van der Waals surface area contributed by atoms with Crippen LogP contribution in [-0.2, 0) is 6.54 Å². The van der Waals surface area contributed by atoms with Gasteiger partial charge in [0.1, 0.15) is 0 Å². The van der Waals surface area contributed by atoms with Crippen molar-refractivity contribution in [2.24, 2.45) is 0 Å². The standard InChI is InChI=1S/C11H12F2N2/c1-8(6-14)15(2)7-9-4-3-5-10(12)11(9)13/h3-5,8H,7H2,1-2H3. The molecule has 0 fully saturated rings. The average Bonchev–Trinajstić information content (AvgIpc) is 2.23. The van der Waals surface area contributed by atoms with Crippen LogP contribution in [0.3, 0.4) is 0 Å². The van der Waals surface area contributed by atoms with E-state index in [-0.39, 0.29) is 18.2 Å². The van der Waals surface area contributed by atoms with Crippen LogP contribution in [0.4, 0.5) is 8.78 Å². The summed E-state index contributed by atoms with van der Waals surface area (Å²) in [6, 6.07) is 5.75. The summed E-state index contributed by atoms with van der Waals surface area (Å²) in [5.41, 5.74) is 0.264. The van der Waals surface area contributed by atoms with Gasteiger partial charge in [-0.05, 0) is 20.0 Å². The molecule has 0 aliphatic heterocycles. The van der Waals surface area contributed by atoms with Gasteiger partial charge in [-0.25, -0.2) is 8.78 Å². The highest BCUT2D eigenvalue weighted by Gasteiger charge is 2.12. The number of nitriles is 1. The summed E-state index contributed by atoms with van der Waals surface area (Å²) in [7, 11) is 1.69. The van der Waals surface area contributed by atoms with Crippen LogP contribution in [0.5, 0.6) is 0 Å². The zero-order valence-corrected chi connectivity index (χ0v) is 8.67. The van der Waals surface area contributed by atoms with E-state index in [0.29, 0.717) is 0 Å². The lowest BCUT2D eigenvalue weighted by Crippen LogP contribution is -2.27. The molecule has 0 aliphatic carbocycles. The summed E-state index contributed by atoms with van der Waals surface area (Å²) in [5.74, 6) is -1.69. The summed E-state index contributed by atoms with van der Waals surface area (Å²) >= 11 is 0. The Balaban J connectivity index is 2.82. The number of benzene rings is 1. The molecule has 0 aliphatic rings. The van der Waals surface area contributed by atoms with Crippen molar-refractivity contribution in [3.8, 4) is 6.07 Å². The van der Waals surface area contributed by atoms with E-state index in [1.165, 1.54) is 12.1 Å². The third-order valence-electron chi connectivity index (χ3n) is 2.30. The second kappa shape index (κ2) is 4.85. The largest absolute Gasteiger partial charge is 0.287 e. The molecule has 1 rings (SSSR count). The van der Waals surface area contributed by atoms with Crippen LogP contribution in [0, 0.1) is 23.0 Å². The van der Waals surface area contributed by atoms with Crippen molar-refractivity contribution in [2.75, 3.05) is 7.05 Å². The first-order valence-corrected chi connectivity index (χ1v) is 4.59. The maximum Gasteiger partial charge on any atom is 0.163 e. The van der Waals surface area contributed by atoms with Gasteiger partial charge >= 0.3 is 0 Å². The van der Waals surface area contributed by atoms with Crippen molar-refractivity contribution in [3.05, 3.63) is 35.4 Å². The van der Waals surface area contributed by atoms with Gasteiger partial charge in [-0.15, -0.1) is 0 Å². The molecule has 0 amide bonds. The van der Waals surface area contributed by atoms with Crippen LogP contribution < -0.4 is 0 Å². The molecule has 0 bridgehead atoms. The van der Waals surface area contributed by atoms with E-state index in [4.69, 9.17) is 5.26 Å². The smallest absolute Gasteiger partial charge is 0.163 e. The van der Waals surface area contributed by atoms with Gasteiger partial charge in [0, 0.05) is 12.1 Å². The van der Waals surface area contributed by atoms with Gasteiger partial charge in [-0.3, -0.25) is 4.90 Å². The summed E-state index contributed by atoms with van der Waals surface area (Å²) in [6.45, 7) is 1.93. The van der Waals surface area contributed by atoms with Crippen LogP contribution in [0.25, 0.3) is 0 Å². The molecule has 4 heteroatoms. The summed E-state index contributed by atoms with van der Waals surface area (Å²) in [6.07, 6.45) is 0. The molecule has 0 spiro atoms. The third kappa shape index (κ3) is 2.74. The van der Waals surface area contributed by atoms with E-state index in [0.717, 1.165) is 6.07 Å². The molecule has 0 heterocycles. The van der Waals surface area contributed by atoms with Crippen molar-refractivity contribution < 1.29 is 8.78 Å². The maximum absolute atomic E-state index is 13.2. The minimum Gasteiger partial charge on any atom is -0.287 e. The molecule has 80 valence electrons. The van der Waals surface area contributed by atoms with E-state index in [9.17, 15) is 8.78 Å². The maximum atomic E-state index is 13.2. The Labute approximate surface area is 87.7 Å².